The van der Waals surface area contributed by atoms with E-state index in [9.17, 15) is 9.59 Å². The summed E-state index contributed by atoms with van der Waals surface area (Å²) in [6, 6.07) is 5.36. The van der Waals surface area contributed by atoms with Crippen LogP contribution in [0, 0.1) is 0 Å². The summed E-state index contributed by atoms with van der Waals surface area (Å²) in [5.41, 5.74) is 7.34. The lowest BCUT2D eigenvalue weighted by Crippen LogP contribution is -2.13. The van der Waals surface area contributed by atoms with Crippen LogP contribution in [0.2, 0.25) is 0 Å². The van der Waals surface area contributed by atoms with Crippen LogP contribution < -0.4 is 11.1 Å². The normalized spacial score (nSPS) is 10.5. The largest absolute Gasteiger partial charge is 0.369 e. The SMILES string of the molecule is CC(=O)Nc1ccc2nc(SCC(N)=O)[nH]c2c1. The van der Waals surface area contributed by atoms with E-state index in [1.54, 1.807) is 18.2 Å². The first-order chi connectivity index (χ1) is 8.54. The molecule has 0 spiro atoms. The fourth-order valence-electron chi connectivity index (χ4n) is 1.48. The average molecular weight is 264 g/mol. The van der Waals surface area contributed by atoms with Crippen molar-refractivity contribution in [2.45, 2.75) is 12.1 Å². The van der Waals surface area contributed by atoms with Crippen LogP contribution in [0.1, 0.15) is 6.92 Å². The Bertz CT molecular complexity index is 608. The number of imidazole rings is 1. The number of fused-ring (bicyclic) bond motifs is 1. The van der Waals surface area contributed by atoms with Crippen LogP contribution in [0.5, 0.6) is 0 Å². The molecule has 0 saturated heterocycles. The van der Waals surface area contributed by atoms with Crippen molar-refractivity contribution in [3.8, 4) is 0 Å². The number of thioether (sulfide) groups is 1. The molecule has 0 aliphatic rings. The second kappa shape index (κ2) is 5.09. The maximum atomic E-state index is 10.9. The predicted octanol–water partition coefficient (Wildman–Crippen LogP) is 1.10. The molecule has 0 bridgehead atoms. The van der Waals surface area contributed by atoms with Gasteiger partial charge in [-0.15, -0.1) is 0 Å². The number of hydrogen-bond donors (Lipinski definition) is 3. The highest BCUT2D eigenvalue weighted by atomic mass is 32.2. The van der Waals surface area contributed by atoms with Gasteiger partial charge in [-0.2, -0.15) is 0 Å². The van der Waals surface area contributed by atoms with E-state index in [1.165, 1.54) is 18.7 Å². The van der Waals surface area contributed by atoms with Gasteiger partial charge in [0.15, 0.2) is 5.16 Å². The van der Waals surface area contributed by atoms with Gasteiger partial charge in [0.05, 0.1) is 16.8 Å². The van der Waals surface area contributed by atoms with E-state index >= 15 is 0 Å². The Hall–Kier alpha value is -2.02. The highest BCUT2D eigenvalue weighted by Crippen LogP contribution is 2.21. The van der Waals surface area contributed by atoms with Crippen LogP contribution in [0.3, 0.4) is 0 Å². The second-order valence-corrected chi connectivity index (χ2v) is 4.67. The van der Waals surface area contributed by atoms with Gasteiger partial charge in [-0.25, -0.2) is 4.98 Å². The first-order valence-corrected chi connectivity index (χ1v) is 6.21. The first-order valence-electron chi connectivity index (χ1n) is 5.23. The molecule has 0 radical (unpaired) electrons. The molecule has 0 fully saturated rings. The highest BCUT2D eigenvalue weighted by Gasteiger charge is 2.06. The van der Waals surface area contributed by atoms with Crippen molar-refractivity contribution in [2.24, 2.45) is 5.73 Å². The number of anilines is 1. The number of rotatable bonds is 4. The summed E-state index contributed by atoms with van der Waals surface area (Å²) >= 11 is 1.25. The lowest BCUT2D eigenvalue weighted by Gasteiger charge is -2.00. The van der Waals surface area contributed by atoms with Crippen molar-refractivity contribution in [2.75, 3.05) is 11.1 Å². The topological polar surface area (TPSA) is 101 Å². The number of primary amides is 1. The van der Waals surface area contributed by atoms with E-state index < -0.39 is 0 Å². The summed E-state index contributed by atoms with van der Waals surface area (Å²) in [7, 11) is 0. The third-order valence-electron chi connectivity index (χ3n) is 2.13. The number of aromatic amines is 1. The molecule has 0 saturated carbocycles. The summed E-state index contributed by atoms with van der Waals surface area (Å²) in [5.74, 6) is -0.338. The molecule has 2 rings (SSSR count). The van der Waals surface area contributed by atoms with Crippen molar-refractivity contribution >= 4 is 40.3 Å². The average Bonchev–Trinajstić information content (AvgIpc) is 2.67. The van der Waals surface area contributed by atoms with Crippen molar-refractivity contribution in [1.29, 1.82) is 0 Å². The monoisotopic (exact) mass is 264 g/mol. The summed E-state index contributed by atoms with van der Waals surface area (Å²) in [6.45, 7) is 1.45. The van der Waals surface area contributed by atoms with Crippen LogP contribution >= 0.6 is 11.8 Å². The van der Waals surface area contributed by atoms with Crippen molar-refractivity contribution < 1.29 is 9.59 Å². The van der Waals surface area contributed by atoms with Crippen LogP contribution in [0.25, 0.3) is 11.0 Å². The minimum Gasteiger partial charge on any atom is -0.369 e. The van der Waals surface area contributed by atoms with Crippen molar-refractivity contribution in [1.82, 2.24) is 9.97 Å². The van der Waals surface area contributed by atoms with E-state index in [0.717, 1.165) is 11.0 Å². The predicted molar refractivity (Wildman–Crippen MR) is 70.3 cm³/mol. The van der Waals surface area contributed by atoms with E-state index in [4.69, 9.17) is 5.73 Å². The summed E-state index contributed by atoms with van der Waals surface area (Å²) in [5, 5.41) is 3.32. The quantitative estimate of drug-likeness (QED) is 0.720. The highest BCUT2D eigenvalue weighted by molar-refractivity contribution is 7.99. The summed E-state index contributed by atoms with van der Waals surface area (Å²) in [4.78, 5) is 29.0. The molecular formula is C11H12N4O2S. The number of nitrogens with one attached hydrogen (secondary N) is 2. The number of H-pyrrole nitrogens is 1. The Labute approximate surface area is 107 Å². The van der Waals surface area contributed by atoms with Gasteiger partial charge in [0.2, 0.25) is 11.8 Å². The molecule has 4 N–H and O–H groups in total. The smallest absolute Gasteiger partial charge is 0.227 e. The molecule has 2 aromatic rings. The lowest BCUT2D eigenvalue weighted by molar-refractivity contribution is -0.116. The van der Waals surface area contributed by atoms with E-state index in [-0.39, 0.29) is 17.6 Å². The van der Waals surface area contributed by atoms with Crippen molar-refractivity contribution in [3.63, 3.8) is 0 Å². The second-order valence-electron chi connectivity index (χ2n) is 3.71. The standard InChI is InChI=1S/C11H12N4O2S/c1-6(16)13-7-2-3-8-9(4-7)15-11(14-8)18-5-10(12)17/h2-4H,5H2,1H3,(H2,12,17)(H,13,16)(H,14,15). The Morgan fingerprint density at radius 2 is 2.28 bits per heavy atom. The Kier molecular flexibility index (Phi) is 3.52. The van der Waals surface area contributed by atoms with Crippen LogP contribution in [-0.2, 0) is 9.59 Å². The van der Waals surface area contributed by atoms with Gasteiger partial charge in [-0.1, -0.05) is 11.8 Å². The molecular weight excluding hydrogens is 252 g/mol. The molecule has 1 heterocycles. The zero-order valence-corrected chi connectivity index (χ0v) is 10.5. The first kappa shape index (κ1) is 12.4. The minimum atomic E-state index is -0.389. The molecule has 1 aromatic heterocycles. The van der Waals surface area contributed by atoms with Gasteiger partial charge in [0, 0.05) is 12.6 Å². The van der Waals surface area contributed by atoms with Gasteiger partial charge in [-0.05, 0) is 18.2 Å². The fraction of sp³-hybridized carbons (Fsp3) is 0.182. The summed E-state index contributed by atoms with van der Waals surface area (Å²) in [6.07, 6.45) is 0. The number of carbonyl (C=O) groups excluding carboxylic acids is 2. The molecule has 18 heavy (non-hydrogen) atoms. The van der Waals surface area contributed by atoms with Crippen molar-refractivity contribution in [3.05, 3.63) is 18.2 Å². The third-order valence-corrected chi connectivity index (χ3v) is 3.03. The van der Waals surface area contributed by atoms with Gasteiger partial charge in [0.1, 0.15) is 0 Å². The molecule has 0 aliphatic carbocycles. The maximum absolute atomic E-state index is 10.9. The molecule has 1 aromatic carbocycles. The zero-order chi connectivity index (χ0) is 13.1. The number of aromatic nitrogens is 2. The molecule has 0 unspecified atom stereocenters. The maximum Gasteiger partial charge on any atom is 0.227 e. The van der Waals surface area contributed by atoms with E-state index in [1.807, 2.05) is 0 Å². The van der Waals surface area contributed by atoms with Gasteiger partial charge < -0.3 is 16.0 Å². The number of hydrogen-bond acceptors (Lipinski definition) is 4. The van der Waals surface area contributed by atoms with Gasteiger partial charge >= 0.3 is 0 Å². The third kappa shape index (κ3) is 3.01. The van der Waals surface area contributed by atoms with Crippen LogP contribution in [0.15, 0.2) is 23.4 Å². The van der Waals surface area contributed by atoms with Crippen LogP contribution in [-0.4, -0.2) is 27.5 Å². The number of benzene rings is 1. The Balaban J connectivity index is 2.22. The van der Waals surface area contributed by atoms with E-state index in [2.05, 4.69) is 15.3 Å². The zero-order valence-electron chi connectivity index (χ0n) is 9.69. The Morgan fingerprint density at radius 1 is 1.50 bits per heavy atom. The number of amides is 2. The number of nitrogens with zero attached hydrogens (tertiary/aromatic N) is 1. The minimum absolute atomic E-state index is 0.128. The molecule has 94 valence electrons. The number of carbonyl (C=O) groups is 2. The van der Waals surface area contributed by atoms with Crippen LogP contribution in [0.4, 0.5) is 5.69 Å². The fourth-order valence-corrected chi connectivity index (χ4v) is 2.10. The molecule has 7 heteroatoms. The molecule has 0 aliphatic heterocycles. The van der Waals surface area contributed by atoms with Gasteiger partial charge in [0.25, 0.3) is 0 Å². The van der Waals surface area contributed by atoms with E-state index in [0.29, 0.717) is 10.8 Å². The molecule has 2 amide bonds. The summed E-state index contributed by atoms with van der Waals surface area (Å²) < 4.78 is 0. The molecule has 0 atom stereocenters. The molecule has 6 nitrogen and oxygen atoms in total. The van der Waals surface area contributed by atoms with Gasteiger partial charge in [-0.3, -0.25) is 9.59 Å². The number of nitrogens with two attached hydrogens (primary N) is 1. The Morgan fingerprint density at radius 3 is 2.94 bits per heavy atom. The lowest BCUT2D eigenvalue weighted by atomic mass is 10.3.